The maximum absolute atomic E-state index is 4.55. The number of fused-ring (bicyclic) bond motifs is 16. The van der Waals surface area contributed by atoms with E-state index in [1.165, 1.54) is 223 Å². The predicted octanol–water partition coefficient (Wildman–Crippen LogP) is 37.9. The summed E-state index contributed by atoms with van der Waals surface area (Å²) in [4.78, 5) is 13.4. The number of aromatic nitrogens is 3. The fraction of sp³-hybridized carbons (Fsp3) is 0.0444. The van der Waals surface area contributed by atoms with Crippen molar-refractivity contribution in [2.24, 2.45) is 0 Å². The van der Waals surface area contributed by atoms with E-state index < -0.39 is 0 Å². The molecule has 26 aromatic rings. The number of nitrogens with zero attached hydrogens (tertiary/aromatic N) is 3. The Morgan fingerprint density at radius 3 is 0.899 bits per heavy atom. The Morgan fingerprint density at radius 1 is 0.144 bits per heavy atom. The Bertz CT molecular complexity index is 8920. The minimum atomic E-state index is 0.715. The van der Waals surface area contributed by atoms with Crippen LogP contribution in [0.4, 0.5) is 0 Å². The summed E-state index contributed by atoms with van der Waals surface area (Å²) in [7, 11) is 0. The minimum absolute atomic E-state index is 0.715. The molecule has 0 saturated heterocycles. The molecule has 0 atom stereocenters. The van der Waals surface area contributed by atoms with Gasteiger partial charge in [-0.05, 0) is 252 Å². The molecule has 0 fully saturated rings. The van der Waals surface area contributed by atoms with Gasteiger partial charge in [0, 0.05) is 31.3 Å². The van der Waals surface area contributed by atoms with E-state index in [1.807, 2.05) is 78.9 Å². The van der Waals surface area contributed by atoms with Crippen molar-refractivity contribution in [2.75, 3.05) is 0 Å². The lowest BCUT2D eigenvalue weighted by Crippen LogP contribution is -1.99. The van der Waals surface area contributed by atoms with Gasteiger partial charge in [0.2, 0.25) is 0 Å². The van der Waals surface area contributed by atoms with Gasteiger partial charge in [0.05, 0.1) is 0 Å². The average molecular weight is 1800 g/mol. The number of benzene rings is 24. The van der Waals surface area contributed by atoms with Gasteiger partial charge >= 0.3 is 0 Å². The van der Waals surface area contributed by atoms with Crippen molar-refractivity contribution in [3.8, 4) is 101 Å². The van der Waals surface area contributed by atoms with E-state index in [9.17, 15) is 0 Å². The van der Waals surface area contributed by atoms with Gasteiger partial charge in [-0.1, -0.05) is 495 Å². The zero-order chi connectivity index (χ0) is 94.1. The third kappa shape index (κ3) is 19.1. The molecule has 2 heterocycles. The third-order valence-electron chi connectivity index (χ3n) is 26.5. The highest BCUT2D eigenvalue weighted by molar-refractivity contribution is 7.26. The van der Waals surface area contributed by atoms with Crippen LogP contribution in [-0.2, 0) is 0 Å². The summed E-state index contributed by atoms with van der Waals surface area (Å²) in [5.74, 6) is 2.16. The fourth-order valence-corrected chi connectivity index (χ4v) is 20.8. The van der Waals surface area contributed by atoms with Gasteiger partial charge in [-0.15, -0.1) is 11.3 Å². The highest BCUT2D eigenvalue weighted by Crippen LogP contribution is 2.46. The third-order valence-corrected chi connectivity index (χ3v) is 27.8. The second-order valence-corrected chi connectivity index (χ2v) is 37.0. The molecule has 0 spiro atoms. The van der Waals surface area contributed by atoms with Gasteiger partial charge in [-0.25, -0.2) is 15.0 Å². The van der Waals surface area contributed by atoms with Crippen molar-refractivity contribution in [3.63, 3.8) is 0 Å². The van der Waals surface area contributed by atoms with Crippen LogP contribution in [0, 0.1) is 41.5 Å². The number of aryl methyl sites for hydroxylation is 6. The van der Waals surface area contributed by atoms with Crippen molar-refractivity contribution < 1.29 is 0 Å². The van der Waals surface area contributed by atoms with Crippen molar-refractivity contribution >= 4 is 128 Å². The Kier molecular flexibility index (Phi) is 25.6. The van der Waals surface area contributed by atoms with Crippen molar-refractivity contribution in [2.45, 2.75) is 41.5 Å². The molecule has 0 N–H and O–H groups in total. The van der Waals surface area contributed by atoms with E-state index in [0.29, 0.717) is 11.6 Å². The van der Waals surface area contributed by atoms with Crippen LogP contribution in [0.5, 0.6) is 0 Å². The first-order valence-corrected chi connectivity index (χ1v) is 48.5. The van der Waals surface area contributed by atoms with Crippen LogP contribution in [0.3, 0.4) is 0 Å². The molecule has 0 amide bonds. The SMILES string of the molecule is Cc1cc2ccccc2c2ccccc12.Cc1ccc(-c2cc3ccccc3c3ccccc23)cc1.Cc1ccc(-c2cccc3c2sc2c(-c4cccc(-c5ccc(-c6ccccc6)cc5)c4)cccc23)cc1.Cc1ccc2cc(-c3cc4ccccc4c4ccccc34)ccc2c1.Cc1cccc(-c2cc3ccccc3c3ccccc23)c1.Cc1nc(-c2ccccc2)nc(-c2ccccc2)n1. The highest BCUT2D eigenvalue weighted by Gasteiger charge is 2.18. The summed E-state index contributed by atoms with van der Waals surface area (Å²) in [6, 6.07) is 180. The Labute approximate surface area is 816 Å². The molecule has 0 aliphatic heterocycles. The molecule has 2 aromatic heterocycles. The predicted molar refractivity (Wildman–Crippen MR) is 600 cm³/mol. The summed E-state index contributed by atoms with van der Waals surface area (Å²) in [6.45, 7) is 12.6. The smallest absolute Gasteiger partial charge is 0.163 e. The van der Waals surface area contributed by atoms with Crippen LogP contribution in [0.1, 0.15) is 33.6 Å². The second kappa shape index (κ2) is 40.2. The Morgan fingerprint density at radius 2 is 0.432 bits per heavy atom. The highest BCUT2D eigenvalue weighted by atomic mass is 32.1. The second-order valence-electron chi connectivity index (χ2n) is 36.0. The number of thiophene rings is 1. The summed E-state index contributed by atoms with van der Waals surface area (Å²) < 4.78 is 2.70. The summed E-state index contributed by atoms with van der Waals surface area (Å²) >= 11 is 1.91. The van der Waals surface area contributed by atoms with Crippen LogP contribution < -0.4 is 0 Å². The first-order chi connectivity index (χ1) is 68.4. The first kappa shape index (κ1) is 88.4. The molecule has 26 rings (SSSR count). The molecule has 662 valence electrons. The van der Waals surface area contributed by atoms with Crippen molar-refractivity contribution in [3.05, 3.63) is 537 Å². The van der Waals surface area contributed by atoms with E-state index in [0.717, 1.165) is 17.0 Å². The van der Waals surface area contributed by atoms with Gasteiger partial charge in [-0.3, -0.25) is 0 Å². The number of rotatable bonds is 9. The molecule has 0 aliphatic rings. The summed E-state index contributed by atoms with van der Waals surface area (Å²) in [6.07, 6.45) is 0. The van der Waals surface area contributed by atoms with E-state index >= 15 is 0 Å². The zero-order valence-corrected chi connectivity index (χ0v) is 79.5. The lowest BCUT2D eigenvalue weighted by atomic mass is 9.92. The standard InChI is InChI=1S/C37H26S.C25H18.2C21H16.C16H13N3.C15H12/c1-25-16-18-29(19-17-25)32-12-6-14-34-35-15-7-13-33(37(35)38-36(32)34)31-11-5-10-30(24-31)28-22-20-27(21-23-28)26-8-3-2-4-9-26;1-17-10-11-19-15-21(13-12-18(19)14-17)25-16-20-6-2-3-7-22(20)23-8-4-5-9-24(23)25;1-15-7-6-9-16(13-15)21-14-17-8-2-3-10-18(17)19-11-4-5-12-20(19)21;1-15-10-12-16(13-11-15)21-14-17-6-2-3-7-18(17)19-8-4-5-9-20(19)21;1-12-17-15(13-8-4-2-5-9-13)19-16(18-12)14-10-6-3-7-11-14;1-11-10-12-6-2-3-8-14(12)15-9-5-4-7-13(11)15/h2-24H,1H3;2-16H,1H3;2*2-14H,1H3;2-11H,1H3;2-10H,1H3. The average Bonchev–Trinajstić information content (AvgIpc) is 1.46. The number of hydrogen-bond donors (Lipinski definition) is 0. The molecule has 24 aromatic carbocycles. The molecule has 139 heavy (non-hydrogen) atoms. The molecular weight excluding hydrogens is 1700 g/mol. The lowest BCUT2D eigenvalue weighted by molar-refractivity contribution is 0.992. The molecule has 0 saturated carbocycles. The Balaban J connectivity index is 0.000000102. The molecule has 3 nitrogen and oxygen atoms in total. The maximum Gasteiger partial charge on any atom is 0.163 e. The molecular formula is C135H101N3S. The van der Waals surface area contributed by atoms with Gasteiger partial charge in [-0.2, -0.15) is 0 Å². The topological polar surface area (TPSA) is 38.7 Å². The van der Waals surface area contributed by atoms with E-state index in [1.54, 1.807) is 0 Å². The van der Waals surface area contributed by atoms with Gasteiger partial charge in [0.25, 0.3) is 0 Å². The molecule has 4 heteroatoms. The van der Waals surface area contributed by atoms with Crippen LogP contribution in [0.2, 0.25) is 0 Å². The van der Waals surface area contributed by atoms with Crippen LogP contribution in [0.25, 0.3) is 218 Å². The van der Waals surface area contributed by atoms with Crippen molar-refractivity contribution in [1.29, 1.82) is 0 Å². The monoisotopic (exact) mass is 1800 g/mol. The molecule has 0 aliphatic carbocycles. The first-order valence-electron chi connectivity index (χ1n) is 47.7. The zero-order valence-electron chi connectivity index (χ0n) is 78.7. The van der Waals surface area contributed by atoms with Crippen LogP contribution in [-0.4, -0.2) is 15.0 Å². The van der Waals surface area contributed by atoms with Gasteiger partial charge < -0.3 is 0 Å². The molecule has 0 unspecified atom stereocenters. The van der Waals surface area contributed by atoms with Gasteiger partial charge in [0.1, 0.15) is 5.82 Å². The van der Waals surface area contributed by atoms with E-state index in [-0.39, 0.29) is 0 Å². The largest absolute Gasteiger partial charge is 0.213 e. The maximum atomic E-state index is 4.55. The lowest BCUT2D eigenvalue weighted by Gasteiger charge is -2.12. The molecule has 0 bridgehead atoms. The quantitative estimate of drug-likeness (QED) is 0.135. The molecule has 0 radical (unpaired) electrons. The van der Waals surface area contributed by atoms with Gasteiger partial charge in [0.15, 0.2) is 11.6 Å². The summed E-state index contributed by atoms with van der Waals surface area (Å²) in [5, 5.41) is 26.4. The van der Waals surface area contributed by atoms with E-state index in [2.05, 4.69) is 492 Å². The van der Waals surface area contributed by atoms with E-state index in [4.69, 9.17) is 0 Å². The fourth-order valence-electron chi connectivity index (χ4n) is 19.5. The Hall–Kier alpha value is -17.2. The number of hydrogen-bond acceptors (Lipinski definition) is 4. The minimum Gasteiger partial charge on any atom is -0.213 e. The van der Waals surface area contributed by atoms with Crippen LogP contribution >= 0.6 is 11.3 Å². The normalized spacial score (nSPS) is 11.1. The van der Waals surface area contributed by atoms with Crippen molar-refractivity contribution in [1.82, 2.24) is 15.0 Å². The van der Waals surface area contributed by atoms with Crippen LogP contribution in [0.15, 0.2) is 504 Å². The summed E-state index contributed by atoms with van der Waals surface area (Å²) in [5.41, 5.74) is 26.4.